The number of hydrogen-bond acceptors (Lipinski definition) is 4. The molecule has 21 heavy (non-hydrogen) atoms. The number of ether oxygens (including phenoxy) is 2. The van der Waals surface area contributed by atoms with E-state index in [4.69, 9.17) is 9.47 Å². The number of carbonyl (C=O) groups excluding carboxylic acids is 1. The minimum Gasteiger partial charge on any atom is -0.477 e. The summed E-state index contributed by atoms with van der Waals surface area (Å²) in [6.07, 6.45) is 4.29. The van der Waals surface area contributed by atoms with Crippen LogP contribution in [0.1, 0.15) is 66.2 Å². The summed E-state index contributed by atoms with van der Waals surface area (Å²) in [4.78, 5) is 24.3. The Bertz CT molecular complexity index is 300. The Morgan fingerprint density at radius 3 is 1.67 bits per heavy atom. The van der Waals surface area contributed by atoms with Crippen LogP contribution in [0.25, 0.3) is 0 Å². The Morgan fingerprint density at radius 2 is 1.38 bits per heavy atom. The van der Waals surface area contributed by atoms with Crippen molar-refractivity contribution in [1.82, 2.24) is 0 Å². The highest BCUT2D eigenvalue weighted by Gasteiger charge is 2.50. The van der Waals surface area contributed by atoms with Gasteiger partial charge in [-0.25, -0.2) is 4.79 Å². The minimum absolute atomic E-state index is 0.209. The molecule has 0 spiro atoms. The molecule has 0 saturated heterocycles. The summed E-state index contributed by atoms with van der Waals surface area (Å²) in [7, 11) is 0. The molecular weight excluding hydrogens is 272 g/mol. The number of hydrogen-bond donors (Lipinski definition) is 1. The van der Waals surface area contributed by atoms with Crippen LogP contribution in [-0.2, 0) is 19.1 Å². The lowest BCUT2D eigenvalue weighted by molar-refractivity contribution is -0.239. The van der Waals surface area contributed by atoms with Crippen molar-refractivity contribution in [2.75, 3.05) is 13.2 Å². The molecule has 5 heteroatoms. The summed E-state index contributed by atoms with van der Waals surface area (Å²) in [5, 5.41) is 9.56. The van der Waals surface area contributed by atoms with E-state index < -0.39 is 17.5 Å². The summed E-state index contributed by atoms with van der Waals surface area (Å²) in [6, 6.07) is 0. The molecule has 0 atom stereocenters. The molecule has 0 fully saturated rings. The smallest absolute Gasteiger partial charge is 0.372 e. The van der Waals surface area contributed by atoms with E-state index in [2.05, 4.69) is 0 Å². The van der Waals surface area contributed by atoms with E-state index in [1.54, 1.807) is 0 Å². The summed E-state index contributed by atoms with van der Waals surface area (Å²) in [5.74, 6) is -4.30. The molecule has 0 radical (unpaired) electrons. The fourth-order valence-electron chi connectivity index (χ4n) is 2.06. The summed E-state index contributed by atoms with van der Waals surface area (Å²) < 4.78 is 10.9. The lowest BCUT2D eigenvalue weighted by atomic mass is 9.92. The van der Waals surface area contributed by atoms with E-state index in [9.17, 15) is 14.7 Å². The van der Waals surface area contributed by atoms with Crippen molar-refractivity contribution in [3.05, 3.63) is 0 Å². The Balaban J connectivity index is 5.23. The SMILES string of the molecule is CCCCOC(OCCCC)(C(=O)O)C(=O)C(CC)CC. The molecule has 0 aromatic carbocycles. The maximum absolute atomic E-state index is 12.6. The molecule has 0 saturated carbocycles. The van der Waals surface area contributed by atoms with Gasteiger partial charge in [0.2, 0.25) is 5.78 Å². The molecule has 0 bridgehead atoms. The number of carboxylic acid groups (broad SMARTS) is 1. The number of Topliss-reactive ketones (excluding diaryl/α,β-unsaturated/α-hetero) is 1. The molecule has 5 nitrogen and oxygen atoms in total. The molecule has 0 aromatic rings. The van der Waals surface area contributed by atoms with Crippen molar-refractivity contribution in [1.29, 1.82) is 0 Å². The second-order valence-electron chi connectivity index (χ2n) is 5.20. The van der Waals surface area contributed by atoms with Gasteiger partial charge in [0.15, 0.2) is 0 Å². The predicted molar refractivity (Wildman–Crippen MR) is 81.2 cm³/mol. The monoisotopic (exact) mass is 302 g/mol. The van der Waals surface area contributed by atoms with Gasteiger partial charge in [-0.3, -0.25) is 4.79 Å². The molecule has 0 aromatic heterocycles. The van der Waals surface area contributed by atoms with Crippen molar-refractivity contribution < 1.29 is 24.2 Å². The fourth-order valence-corrected chi connectivity index (χ4v) is 2.06. The van der Waals surface area contributed by atoms with Crippen LogP contribution in [0.5, 0.6) is 0 Å². The third kappa shape index (κ3) is 5.75. The maximum Gasteiger partial charge on any atom is 0.372 e. The van der Waals surface area contributed by atoms with Gasteiger partial charge in [0.05, 0.1) is 13.2 Å². The molecule has 0 rings (SSSR count). The van der Waals surface area contributed by atoms with Crippen LogP contribution in [0.2, 0.25) is 0 Å². The van der Waals surface area contributed by atoms with E-state index in [-0.39, 0.29) is 19.1 Å². The quantitative estimate of drug-likeness (QED) is 0.321. The molecule has 0 aliphatic rings. The molecular formula is C16H30O5. The van der Waals surface area contributed by atoms with E-state index in [0.29, 0.717) is 25.7 Å². The second kappa shape index (κ2) is 10.7. The normalized spacial score (nSPS) is 11.9. The van der Waals surface area contributed by atoms with Crippen LogP contribution >= 0.6 is 0 Å². The summed E-state index contributed by atoms with van der Waals surface area (Å²) >= 11 is 0. The molecule has 0 amide bonds. The van der Waals surface area contributed by atoms with Crippen molar-refractivity contribution in [2.24, 2.45) is 5.92 Å². The Hall–Kier alpha value is -0.940. The average molecular weight is 302 g/mol. The van der Waals surface area contributed by atoms with E-state index >= 15 is 0 Å². The molecule has 0 aliphatic heterocycles. The first-order valence-electron chi connectivity index (χ1n) is 8.05. The standard InChI is InChI=1S/C16H30O5/c1-5-9-11-20-16(15(18)19,21-12-10-6-2)14(17)13(7-3)8-4/h13H,5-12H2,1-4H3,(H,18,19). The van der Waals surface area contributed by atoms with Gasteiger partial charge in [-0.15, -0.1) is 0 Å². The Kier molecular flexibility index (Phi) is 10.3. The molecule has 1 N–H and O–H groups in total. The fraction of sp³-hybridized carbons (Fsp3) is 0.875. The van der Waals surface area contributed by atoms with Gasteiger partial charge in [0.25, 0.3) is 0 Å². The highest BCUT2D eigenvalue weighted by Crippen LogP contribution is 2.25. The van der Waals surface area contributed by atoms with Crippen molar-refractivity contribution in [3.63, 3.8) is 0 Å². The molecule has 0 unspecified atom stereocenters. The highest BCUT2D eigenvalue weighted by atomic mass is 16.7. The van der Waals surface area contributed by atoms with Crippen molar-refractivity contribution >= 4 is 11.8 Å². The van der Waals surface area contributed by atoms with E-state index in [1.807, 2.05) is 27.7 Å². The van der Waals surface area contributed by atoms with Gasteiger partial charge in [-0.2, -0.15) is 0 Å². The number of aliphatic carboxylic acids is 1. The molecule has 0 heterocycles. The first-order chi connectivity index (χ1) is 9.99. The van der Waals surface area contributed by atoms with E-state index in [1.165, 1.54) is 0 Å². The summed E-state index contributed by atoms with van der Waals surface area (Å²) in [5.41, 5.74) is 0. The zero-order valence-electron chi connectivity index (χ0n) is 13.8. The third-order valence-electron chi connectivity index (χ3n) is 3.57. The number of unbranched alkanes of at least 4 members (excludes halogenated alkanes) is 2. The highest BCUT2D eigenvalue weighted by molar-refractivity contribution is 6.05. The van der Waals surface area contributed by atoms with Gasteiger partial charge in [-0.05, 0) is 25.7 Å². The largest absolute Gasteiger partial charge is 0.477 e. The topological polar surface area (TPSA) is 72.8 Å². The number of ketones is 1. The first-order valence-corrected chi connectivity index (χ1v) is 8.05. The predicted octanol–water partition coefficient (Wildman–Crippen LogP) is 3.41. The van der Waals surface area contributed by atoms with E-state index in [0.717, 1.165) is 12.8 Å². The summed E-state index contributed by atoms with van der Waals surface area (Å²) in [6.45, 7) is 8.12. The van der Waals surface area contributed by atoms with Gasteiger partial charge in [-0.1, -0.05) is 40.5 Å². The second-order valence-corrected chi connectivity index (χ2v) is 5.20. The van der Waals surface area contributed by atoms with Crippen LogP contribution in [0, 0.1) is 5.92 Å². The zero-order chi connectivity index (χ0) is 16.3. The van der Waals surface area contributed by atoms with Crippen LogP contribution in [0.15, 0.2) is 0 Å². The number of rotatable bonds is 13. The molecule has 0 aliphatic carbocycles. The van der Waals surface area contributed by atoms with Crippen LogP contribution in [-0.4, -0.2) is 35.9 Å². The number of carboxylic acids is 1. The van der Waals surface area contributed by atoms with Gasteiger partial charge < -0.3 is 14.6 Å². The van der Waals surface area contributed by atoms with Crippen molar-refractivity contribution in [2.45, 2.75) is 72.0 Å². The minimum atomic E-state index is -2.14. The van der Waals surface area contributed by atoms with Crippen LogP contribution in [0.4, 0.5) is 0 Å². The zero-order valence-corrected chi connectivity index (χ0v) is 13.8. The van der Waals surface area contributed by atoms with Gasteiger partial charge in [0.1, 0.15) is 0 Å². The molecule has 124 valence electrons. The van der Waals surface area contributed by atoms with Crippen LogP contribution in [0.3, 0.4) is 0 Å². The lowest BCUT2D eigenvalue weighted by Crippen LogP contribution is -2.54. The van der Waals surface area contributed by atoms with Gasteiger partial charge in [0, 0.05) is 5.92 Å². The number of carbonyl (C=O) groups is 2. The van der Waals surface area contributed by atoms with Crippen LogP contribution < -0.4 is 0 Å². The Labute approximate surface area is 128 Å². The first kappa shape index (κ1) is 20.1. The maximum atomic E-state index is 12.6. The van der Waals surface area contributed by atoms with Crippen molar-refractivity contribution in [3.8, 4) is 0 Å². The third-order valence-corrected chi connectivity index (χ3v) is 3.57. The Morgan fingerprint density at radius 1 is 0.952 bits per heavy atom. The van der Waals surface area contributed by atoms with Gasteiger partial charge >= 0.3 is 11.8 Å². The lowest BCUT2D eigenvalue weighted by Gasteiger charge is -2.31. The average Bonchev–Trinajstić information content (AvgIpc) is 2.46.